The Hall–Kier alpha value is -8.78. The first-order valence-corrected chi connectivity index (χ1v) is 30.1. The molecule has 88 heavy (non-hydrogen) atoms. The highest BCUT2D eigenvalue weighted by Gasteiger charge is 2.42. The van der Waals surface area contributed by atoms with E-state index in [2.05, 4.69) is 47.9 Å². The molecular weight excluding hydrogens is 1130 g/mol. The molecule has 2 saturated heterocycles. The predicted molar refractivity (Wildman–Crippen MR) is 326 cm³/mol. The second-order valence-corrected chi connectivity index (χ2v) is 23.1. The van der Waals surface area contributed by atoms with Crippen molar-refractivity contribution in [1.29, 1.82) is 0 Å². The molecule has 0 spiro atoms. The van der Waals surface area contributed by atoms with E-state index in [-0.39, 0.29) is 83.3 Å². The van der Waals surface area contributed by atoms with Crippen LogP contribution in [-0.4, -0.2) is 156 Å². The number of fused-ring (bicyclic) bond motifs is 1. The molecule has 10 atom stereocenters. The van der Waals surface area contributed by atoms with Gasteiger partial charge in [0.1, 0.15) is 60.4 Å². The molecule has 5 rings (SSSR count). The molecule has 12 amide bonds. The molecule has 478 valence electrons. The zero-order chi connectivity index (χ0) is 64.5. The number of nitrogens with two attached hydrogens (primary N) is 4. The van der Waals surface area contributed by atoms with Gasteiger partial charge in [-0.3, -0.25) is 57.5 Å². The summed E-state index contributed by atoms with van der Waals surface area (Å²) in [6.45, 7) is 7.16. The summed E-state index contributed by atoms with van der Waals surface area (Å²) in [6, 6.07) is 11.8. The third-order valence-corrected chi connectivity index (χ3v) is 15.2. The smallest absolute Gasteiger partial charge is 0.246 e. The van der Waals surface area contributed by atoms with E-state index in [1.165, 1.54) is 4.90 Å². The first-order chi connectivity index (χ1) is 42.0. The quantitative estimate of drug-likeness (QED) is 0.0607. The fourth-order valence-corrected chi connectivity index (χ4v) is 10.5. The third kappa shape index (κ3) is 22.2. The molecule has 0 aromatic heterocycles. The van der Waals surface area contributed by atoms with Crippen LogP contribution in [0.2, 0.25) is 0 Å². The summed E-state index contributed by atoms with van der Waals surface area (Å²) in [5, 5.41) is 24.2. The lowest BCUT2D eigenvalue weighted by atomic mass is 9.99. The highest BCUT2D eigenvalue weighted by Crippen LogP contribution is 2.22. The normalized spacial score (nSPS) is 24.5. The van der Waals surface area contributed by atoms with Gasteiger partial charge in [0.2, 0.25) is 70.9 Å². The van der Waals surface area contributed by atoms with Crippen LogP contribution in [0.15, 0.2) is 91.0 Å². The molecule has 26 nitrogen and oxygen atoms in total. The van der Waals surface area contributed by atoms with Gasteiger partial charge in [0, 0.05) is 32.2 Å². The fraction of sp³-hybridized carbons (Fsp3) is 0.516. The minimum atomic E-state index is -1.82. The lowest BCUT2D eigenvalue weighted by Crippen LogP contribution is -2.62. The van der Waals surface area contributed by atoms with E-state index >= 15 is 4.79 Å². The van der Waals surface area contributed by atoms with Crippen molar-refractivity contribution in [1.82, 2.24) is 52.8 Å². The highest BCUT2D eigenvalue weighted by molar-refractivity contribution is 6.00. The zero-order valence-corrected chi connectivity index (χ0v) is 50.6. The number of rotatable bonds is 20. The van der Waals surface area contributed by atoms with Gasteiger partial charge in [0.25, 0.3) is 0 Å². The van der Waals surface area contributed by atoms with Crippen LogP contribution < -0.4 is 70.8 Å². The Kier molecular flexibility index (Phi) is 27.9. The fourth-order valence-electron chi connectivity index (χ4n) is 10.5. The number of nitrogens with zero attached hydrogens (tertiary/aromatic N) is 1. The average Bonchev–Trinajstić information content (AvgIpc) is 3.33. The van der Waals surface area contributed by atoms with Crippen molar-refractivity contribution in [2.75, 3.05) is 19.6 Å². The molecule has 3 aromatic carbocycles. The maximum atomic E-state index is 15.1. The highest BCUT2D eigenvalue weighted by atomic mass is 16.2. The summed E-state index contributed by atoms with van der Waals surface area (Å²) >= 11 is 0. The Bertz CT molecular complexity index is 2880. The number of hydrogen-bond donors (Lipinski definition) is 13. The lowest BCUT2D eigenvalue weighted by molar-refractivity contribution is -0.142. The summed E-state index contributed by atoms with van der Waals surface area (Å²) in [7, 11) is 0. The number of hydrogen-bond acceptors (Lipinski definition) is 14. The van der Waals surface area contributed by atoms with Gasteiger partial charge in [-0.2, -0.15) is 0 Å². The summed E-state index contributed by atoms with van der Waals surface area (Å²) < 4.78 is 0. The topological polar surface area (TPSA) is 420 Å². The maximum absolute atomic E-state index is 15.1. The maximum Gasteiger partial charge on any atom is 0.246 e. The Balaban J connectivity index is 1.64. The second-order valence-electron chi connectivity index (χ2n) is 23.1. The summed E-state index contributed by atoms with van der Waals surface area (Å²) in [6.07, 6.45) is -1.19. The zero-order valence-electron chi connectivity index (χ0n) is 50.6. The van der Waals surface area contributed by atoms with E-state index in [1.807, 2.05) is 13.8 Å². The molecule has 0 radical (unpaired) electrons. The summed E-state index contributed by atoms with van der Waals surface area (Å²) in [5.74, 6) is -11.3. The van der Waals surface area contributed by atoms with Crippen LogP contribution in [0.4, 0.5) is 0 Å². The van der Waals surface area contributed by atoms with Crippen LogP contribution in [-0.2, 0) is 76.8 Å². The van der Waals surface area contributed by atoms with Gasteiger partial charge in [0.05, 0.1) is 6.42 Å². The van der Waals surface area contributed by atoms with Crippen LogP contribution >= 0.6 is 0 Å². The van der Waals surface area contributed by atoms with Gasteiger partial charge < -0.3 is 75.7 Å². The van der Waals surface area contributed by atoms with Gasteiger partial charge >= 0.3 is 0 Å². The number of carbonyl (C=O) groups excluding carboxylic acids is 12. The van der Waals surface area contributed by atoms with Crippen molar-refractivity contribution in [2.45, 2.75) is 172 Å². The standard InChI is InChI=1S/C62H88N14O12/c1-36(2)31-44-56(82)74-48(34-40-21-12-7-13-22-40)62(88)76-30-16-25-49(76)60(86)73-46(33-39-19-10-6-11-20-39)58(84)71-45(32-38-17-8-5-9-18-38)57(83)72-47(35-51(66)78)59(85)68-43(26-27-50(65)77)54(80)67-42(24-15-29-64)55(81)75-52(37(3)4)61(87)69-41(23-14-28-63)53(79)70-44/h5-13,17-22,36-37,41-49,52H,14-16,23-35,63-64H2,1-4H3,(H2,65,77)(H2,66,78)(H,67,80)(H,68,85)(H,69,87)(H,70,79)(H,71,84)(H,72,83)(H,73,86)(H,74,82)(H,75,81)/t41-,42-,43-,44-,45+,46-,47-,48+,49-,52-/m0/s1. The number of amides is 12. The van der Waals surface area contributed by atoms with Crippen molar-refractivity contribution in [2.24, 2.45) is 34.8 Å². The molecule has 2 aliphatic heterocycles. The molecule has 0 bridgehead atoms. The van der Waals surface area contributed by atoms with Crippen LogP contribution in [0.5, 0.6) is 0 Å². The van der Waals surface area contributed by atoms with Crippen LogP contribution in [0.3, 0.4) is 0 Å². The molecule has 0 saturated carbocycles. The molecule has 2 heterocycles. The van der Waals surface area contributed by atoms with Crippen molar-refractivity contribution in [3.8, 4) is 0 Å². The Labute approximate surface area is 513 Å². The van der Waals surface area contributed by atoms with Crippen LogP contribution in [0, 0.1) is 11.8 Å². The average molecular weight is 1220 g/mol. The van der Waals surface area contributed by atoms with Gasteiger partial charge in [-0.15, -0.1) is 0 Å². The number of primary amides is 2. The minimum absolute atomic E-state index is 0.00388. The van der Waals surface area contributed by atoms with E-state index in [0.29, 0.717) is 23.1 Å². The van der Waals surface area contributed by atoms with Crippen molar-refractivity contribution in [3.63, 3.8) is 0 Å². The van der Waals surface area contributed by atoms with Gasteiger partial charge in [0.15, 0.2) is 0 Å². The number of nitrogens with one attached hydrogen (secondary N) is 9. The molecular formula is C62H88N14O12. The van der Waals surface area contributed by atoms with Crippen LogP contribution in [0.1, 0.15) is 109 Å². The molecule has 2 fully saturated rings. The number of benzene rings is 3. The first-order valence-electron chi connectivity index (χ1n) is 30.1. The predicted octanol–water partition coefficient (Wildman–Crippen LogP) is -1.60. The molecule has 26 heteroatoms. The lowest BCUT2D eigenvalue weighted by Gasteiger charge is -2.32. The molecule has 3 aromatic rings. The van der Waals surface area contributed by atoms with Crippen molar-refractivity contribution >= 4 is 70.9 Å². The Morgan fingerprint density at radius 2 is 0.830 bits per heavy atom. The molecule has 0 aliphatic carbocycles. The first kappa shape index (κ1) is 70.0. The largest absolute Gasteiger partial charge is 0.370 e. The molecule has 0 unspecified atom stereocenters. The van der Waals surface area contributed by atoms with Crippen LogP contribution in [0.25, 0.3) is 0 Å². The number of carbonyl (C=O) groups is 12. The van der Waals surface area contributed by atoms with E-state index < -0.39 is 156 Å². The van der Waals surface area contributed by atoms with Crippen molar-refractivity contribution < 1.29 is 57.5 Å². The molecule has 2 aliphatic rings. The SMILES string of the molecule is CC(C)C[C@@H]1NC(=O)[C@H](CCCN)NC(=O)[C@H](C(C)C)NC(=O)[C@H](CCCN)NC(=O)[C@H](CCC(N)=O)NC(=O)[C@H](CC(N)=O)NC(=O)[C@@H](Cc2ccccc2)NC(=O)[C@H](Cc2ccccc2)NC(=O)[C@@H]2CCCN2C(=O)[C@@H](Cc2ccccc2)NC1=O. The Morgan fingerprint density at radius 3 is 1.28 bits per heavy atom. The van der Waals surface area contributed by atoms with Gasteiger partial charge in [-0.25, -0.2) is 0 Å². The second kappa shape index (κ2) is 35.1. The monoisotopic (exact) mass is 1220 g/mol. The van der Waals surface area contributed by atoms with E-state index in [1.54, 1.807) is 105 Å². The van der Waals surface area contributed by atoms with E-state index in [0.717, 1.165) is 0 Å². The summed E-state index contributed by atoms with van der Waals surface area (Å²) in [5.41, 5.74) is 24.7. The van der Waals surface area contributed by atoms with Crippen molar-refractivity contribution in [3.05, 3.63) is 108 Å². The third-order valence-electron chi connectivity index (χ3n) is 15.2. The Morgan fingerprint density at radius 1 is 0.455 bits per heavy atom. The van der Waals surface area contributed by atoms with Gasteiger partial charge in [-0.05, 0) is 93.0 Å². The van der Waals surface area contributed by atoms with Gasteiger partial charge in [-0.1, -0.05) is 119 Å². The summed E-state index contributed by atoms with van der Waals surface area (Å²) in [4.78, 5) is 172. The molecule has 17 N–H and O–H groups in total. The minimum Gasteiger partial charge on any atom is -0.370 e. The van der Waals surface area contributed by atoms with E-state index in [4.69, 9.17) is 22.9 Å². The van der Waals surface area contributed by atoms with E-state index in [9.17, 15) is 52.7 Å².